The maximum Gasteiger partial charge on any atom is 0.251 e. The lowest BCUT2D eigenvalue weighted by Gasteiger charge is -2.10. The van der Waals surface area contributed by atoms with Crippen LogP contribution >= 0.6 is 0 Å². The second-order valence-corrected chi connectivity index (χ2v) is 6.54. The maximum atomic E-state index is 12.4. The van der Waals surface area contributed by atoms with Gasteiger partial charge in [-0.05, 0) is 60.2 Å². The summed E-state index contributed by atoms with van der Waals surface area (Å²) in [6.07, 6.45) is 5.03. The molecule has 6 nitrogen and oxygen atoms in total. The zero-order valence-electron chi connectivity index (χ0n) is 16.2. The lowest BCUT2D eigenvalue weighted by atomic mass is 10.2. The Labute approximate surface area is 174 Å². The molecule has 0 saturated carbocycles. The molecule has 2 N–H and O–H groups in total. The smallest absolute Gasteiger partial charge is 0.251 e. The van der Waals surface area contributed by atoms with Crippen LogP contribution in [0.5, 0.6) is 11.5 Å². The van der Waals surface area contributed by atoms with Crippen LogP contribution in [0.3, 0.4) is 0 Å². The van der Waals surface area contributed by atoms with E-state index in [1.807, 2.05) is 66.7 Å². The average molecular weight is 396 g/mol. The summed E-state index contributed by atoms with van der Waals surface area (Å²) in [5, 5.41) is 6.09. The Morgan fingerprint density at radius 1 is 0.867 bits per heavy atom. The Morgan fingerprint density at radius 3 is 2.43 bits per heavy atom. The number of amides is 1. The highest BCUT2D eigenvalue weighted by Crippen LogP contribution is 2.24. The predicted octanol–water partition coefficient (Wildman–Crippen LogP) is 4.94. The van der Waals surface area contributed by atoms with Crippen LogP contribution in [0.1, 0.15) is 15.9 Å². The van der Waals surface area contributed by atoms with Gasteiger partial charge in [0, 0.05) is 36.4 Å². The molecule has 0 aliphatic heterocycles. The minimum Gasteiger partial charge on any atom is -0.457 e. The quantitative estimate of drug-likeness (QED) is 0.463. The van der Waals surface area contributed by atoms with E-state index in [0.717, 1.165) is 22.7 Å². The molecule has 30 heavy (non-hydrogen) atoms. The molecule has 2 aromatic heterocycles. The molecule has 0 radical (unpaired) electrons. The van der Waals surface area contributed by atoms with Gasteiger partial charge in [-0.2, -0.15) is 0 Å². The van der Waals surface area contributed by atoms with Crippen LogP contribution in [0.4, 0.5) is 11.5 Å². The molecule has 0 fully saturated rings. The molecule has 0 saturated heterocycles. The van der Waals surface area contributed by atoms with Crippen LogP contribution in [0.15, 0.2) is 97.5 Å². The molecule has 4 aromatic rings. The van der Waals surface area contributed by atoms with Crippen molar-refractivity contribution in [3.8, 4) is 11.5 Å². The Bertz CT molecular complexity index is 1100. The summed E-state index contributed by atoms with van der Waals surface area (Å²) in [5.74, 6) is 1.93. The maximum absolute atomic E-state index is 12.4. The molecule has 6 heteroatoms. The Balaban J connectivity index is 1.37. The van der Waals surface area contributed by atoms with E-state index in [9.17, 15) is 4.79 Å². The molecule has 0 aliphatic rings. The molecule has 0 unspecified atom stereocenters. The van der Waals surface area contributed by atoms with E-state index in [-0.39, 0.29) is 5.91 Å². The van der Waals surface area contributed by atoms with Crippen LogP contribution in [0, 0.1) is 0 Å². The van der Waals surface area contributed by atoms with Gasteiger partial charge in [0.25, 0.3) is 5.91 Å². The molecule has 0 bridgehead atoms. The Hall–Kier alpha value is -4.19. The number of aromatic nitrogens is 2. The summed E-state index contributed by atoms with van der Waals surface area (Å²) >= 11 is 0. The molecule has 0 spiro atoms. The van der Waals surface area contributed by atoms with Gasteiger partial charge >= 0.3 is 0 Å². The number of hydrogen-bond donors (Lipinski definition) is 2. The Morgan fingerprint density at radius 2 is 1.67 bits per heavy atom. The summed E-state index contributed by atoms with van der Waals surface area (Å²) in [5.41, 5.74) is 2.31. The normalized spacial score (nSPS) is 10.3. The fourth-order valence-corrected chi connectivity index (χ4v) is 2.81. The van der Waals surface area contributed by atoms with E-state index in [0.29, 0.717) is 17.9 Å². The number of pyridine rings is 2. The zero-order chi connectivity index (χ0) is 20.6. The molecule has 1 amide bonds. The lowest BCUT2D eigenvalue weighted by molar-refractivity contribution is 0.0951. The van der Waals surface area contributed by atoms with Crippen molar-refractivity contribution in [3.63, 3.8) is 0 Å². The van der Waals surface area contributed by atoms with Crippen molar-refractivity contribution < 1.29 is 9.53 Å². The minimum atomic E-state index is -0.170. The highest BCUT2D eigenvalue weighted by Gasteiger charge is 2.07. The number of hydrogen-bond acceptors (Lipinski definition) is 5. The summed E-state index contributed by atoms with van der Waals surface area (Å²) in [6, 6.07) is 24.3. The van der Waals surface area contributed by atoms with Crippen molar-refractivity contribution in [1.82, 2.24) is 15.3 Å². The van der Waals surface area contributed by atoms with E-state index in [4.69, 9.17) is 4.74 Å². The molecule has 2 aromatic carbocycles. The van der Waals surface area contributed by atoms with Crippen molar-refractivity contribution in [2.45, 2.75) is 6.54 Å². The SMILES string of the molecule is O=C(NCc1cccnc1)c1ccnc(Nc2ccc(Oc3ccccc3)cc2)c1. The van der Waals surface area contributed by atoms with Gasteiger partial charge in [0.15, 0.2) is 0 Å². The molecule has 0 atom stereocenters. The topological polar surface area (TPSA) is 76.1 Å². The number of benzene rings is 2. The van der Waals surface area contributed by atoms with Gasteiger partial charge < -0.3 is 15.4 Å². The van der Waals surface area contributed by atoms with Crippen molar-refractivity contribution in [2.24, 2.45) is 0 Å². The van der Waals surface area contributed by atoms with Gasteiger partial charge in [-0.25, -0.2) is 4.98 Å². The second kappa shape index (κ2) is 9.34. The first-order chi connectivity index (χ1) is 14.8. The minimum absolute atomic E-state index is 0.170. The largest absolute Gasteiger partial charge is 0.457 e. The number of carbonyl (C=O) groups excluding carboxylic acids is 1. The van der Waals surface area contributed by atoms with Crippen molar-refractivity contribution in [3.05, 3.63) is 109 Å². The number of rotatable bonds is 7. The van der Waals surface area contributed by atoms with Crippen LogP contribution < -0.4 is 15.4 Å². The summed E-state index contributed by atoms with van der Waals surface area (Å²) < 4.78 is 5.80. The fourth-order valence-electron chi connectivity index (χ4n) is 2.81. The third kappa shape index (κ3) is 5.20. The van der Waals surface area contributed by atoms with Gasteiger partial charge in [-0.1, -0.05) is 24.3 Å². The van der Waals surface area contributed by atoms with Gasteiger partial charge in [0.05, 0.1) is 0 Å². The number of anilines is 2. The number of nitrogens with one attached hydrogen (secondary N) is 2. The van der Waals surface area contributed by atoms with E-state index >= 15 is 0 Å². The third-order valence-electron chi connectivity index (χ3n) is 4.30. The molecule has 0 aliphatic carbocycles. The third-order valence-corrected chi connectivity index (χ3v) is 4.30. The molecular formula is C24H20N4O2. The number of carbonyl (C=O) groups is 1. The first-order valence-corrected chi connectivity index (χ1v) is 9.49. The molecule has 2 heterocycles. The summed E-state index contributed by atoms with van der Waals surface area (Å²) in [6.45, 7) is 0.417. The first kappa shape index (κ1) is 19.1. The zero-order valence-corrected chi connectivity index (χ0v) is 16.2. The Kier molecular flexibility index (Phi) is 5.96. The first-order valence-electron chi connectivity index (χ1n) is 9.49. The molecule has 148 valence electrons. The number of nitrogens with zero attached hydrogens (tertiary/aromatic N) is 2. The van der Waals surface area contributed by atoms with E-state index < -0.39 is 0 Å². The number of ether oxygens (including phenoxy) is 1. The predicted molar refractivity (Wildman–Crippen MR) is 116 cm³/mol. The van der Waals surface area contributed by atoms with Crippen molar-refractivity contribution in [2.75, 3.05) is 5.32 Å². The van der Waals surface area contributed by atoms with Crippen LogP contribution in [-0.2, 0) is 6.54 Å². The van der Waals surface area contributed by atoms with Gasteiger partial charge in [0.1, 0.15) is 17.3 Å². The molecule has 4 rings (SSSR count). The number of para-hydroxylation sites is 1. The van der Waals surface area contributed by atoms with Crippen LogP contribution in [-0.4, -0.2) is 15.9 Å². The van der Waals surface area contributed by atoms with Gasteiger partial charge in [0.2, 0.25) is 0 Å². The van der Waals surface area contributed by atoms with E-state index in [1.165, 1.54) is 0 Å². The van der Waals surface area contributed by atoms with Crippen molar-refractivity contribution in [1.29, 1.82) is 0 Å². The standard InChI is InChI=1S/C24H20N4O2/c29-24(27-17-18-5-4-13-25-16-18)19-12-14-26-23(15-19)28-20-8-10-22(11-9-20)30-21-6-2-1-3-7-21/h1-16H,17H2,(H,26,28)(H,27,29). The highest BCUT2D eigenvalue weighted by atomic mass is 16.5. The lowest BCUT2D eigenvalue weighted by Crippen LogP contribution is -2.23. The van der Waals surface area contributed by atoms with Crippen LogP contribution in [0.25, 0.3) is 0 Å². The monoisotopic (exact) mass is 396 g/mol. The van der Waals surface area contributed by atoms with Crippen LogP contribution in [0.2, 0.25) is 0 Å². The van der Waals surface area contributed by atoms with Crippen molar-refractivity contribution >= 4 is 17.4 Å². The fraction of sp³-hybridized carbons (Fsp3) is 0.0417. The average Bonchev–Trinajstić information content (AvgIpc) is 2.80. The highest BCUT2D eigenvalue weighted by molar-refractivity contribution is 5.94. The second-order valence-electron chi connectivity index (χ2n) is 6.54. The van der Waals surface area contributed by atoms with E-state index in [1.54, 1.807) is 30.7 Å². The van der Waals surface area contributed by atoms with Gasteiger partial charge in [-0.15, -0.1) is 0 Å². The summed E-state index contributed by atoms with van der Waals surface area (Å²) in [4.78, 5) is 20.8. The summed E-state index contributed by atoms with van der Waals surface area (Å²) in [7, 11) is 0. The van der Waals surface area contributed by atoms with Gasteiger partial charge in [-0.3, -0.25) is 9.78 Å². The van der Waals surface area contributed by atoms with E-state index in [2.05, 4.69) is 20.6 Å². The molecular weight excluding hydrogens is 376 g/mol.